The van der Waals surface area contributed by atoms with E-state index in [1.807, 2.05) is 0 Å². The third-order valence-electron chi connectivity index (χ3n) is 3.12. The van der Waals surface area contributed by atoms with Crippen LogP contribution in [0.15, 0.2) is 0 Å². The van der Waals surface area contributed by atoms with Gasteiger partial charge in [0.05, 0.1) is 0 Å². The second-order valence-corrected chi connectivity index (χ2v) is 4.24. The van der Waals surface area contributed by atoms with Crippen molar-refractivity contribution in [1.82, 2.24) is 10.6 Å². The molecule has 0 aromatic rings. The third-order valence-corrected chi connectivity index (χ3v) is 3.12. The van der Waals surface area contributed by atoms with E-state index in [0.29, 0.717) is 13.0 Å². The van der Waals surface area contributed by atoms with Gasteiger partial charge in [0.1, 0.15) is 5.41 Å². The highest BCUT2D eigenvalue weighted by atomic mass is 19.4. The number of rotatable bonds is 2. The van der Waals surface area contributed by atoms with Crippen LogP contribution in [0.3, 0.4) is 0 Å². The highest BCUT2D eigenvalue weighted by Crippen LogP contribution is 2.57. The summed E-state index contributed by atoms with van der Waals surface area (Å²) in [5, 5.41) is 5.46. The molecule has 1 heterocycles. The van der Waals surface area contributed by atoms with Crippen LogP contribution in [0.1, 0.15) is 19.3 Å². The van der Waals surface area contributed by atoms with Crippen molar-refractivity contribution in [2.24, 2.45) is 5.41 Å². The molecule has 1 saturated heterocycles. The molecule has 3 nitrogen and oxygen atoms in total. The second-order valence-electron chi connectivity index (χ2n) is 4.24. The van der Waals surface area contributed by atoms with Crippen LogP contribution >= 0.6 is 0 Å². The number of amides is 1. The highest BCUT2D eigenvalue weighted by Gasteiger charge is 2.68. The fourth-order valence-corrected chi connectivity index (χ4v) is 1.87. The molecule has 0 aromatic heterocycles. The minimum atomic E-state index is -4.40. The smallest absolute Gasteiger partial charge is 0.351 e. The second kappa shape index (κ2) is 3.37. The summed E-state index contributed by atoms with van der Waals surface area (Å²) in [5.74, 6) is -0.844. The Balaban J connectivity index is 1.96. The summed E-state index contributed by atoms with van der Waals surface area (Å²) in [6.45, 7) is 1.32. The number of carbonyl (C=O) groups is 1. The van der Waals surface area contributed by atoms with Crippen molar-refractivity contribution in [2.75, 3.05) is 13.1 Å². The Hall–Kier alpha value is -0.780. The minimum absolute atomic E-state index is 0.0670. The number of carbonyl (C=O) groups excluding carboxylic acids is 1. The maximum atomic E-state index is 12.5. The van der Waals surface area contributed by atoms with Gasteiger partial charge in [0.25, 0.3) is 0 Å². The predicted molar refractivity (Wildman–Crippen MR) is 47.1 cm³/mol. The fourth-order valence-electron chi connectivity index (χ4n) is 1.87. The Morgan fingerprint density at radius 2 is 2.07 bits per heavy atom. The standard InChI is InChI=1S/C9H13F3N2O/c10-9(11,12)8(2-3-8)7(15)14-6-1-4-13-5-6/h6,13H,1-5H2,(H,14,15). The third kappa shape index (κ3) is 1.82. The molecule has 1 unspecified atom stereocenters. The summed E-state index contributed by atoms with van der Waals surface area (Å²) in [7, 11) is 0. The average Bonchev–Trinajstić information content (AvgIpc) is 2.81. The van der Waals surface area contributed by atoms with E-state index >= 15 is 0 Å². The maximum Gasteiger partial charge on any atom is 0.403 e. The number of nitrogens with one attached hydrogen (secondary N) is 2. The van der Waals surface area contributed by atoms with E-state index in [9.17, 15) is 18.0 Å². The van der Waals surface area contributed by atoms with Crippen LogP contribution in [0.2, 0.25) is 0 Å². The Morgan fingerprint density at radius 3 is 2.47 bits per heavy atom. The van der Waals surface area contributed by atoms with E-state index in [4.69, 9.17) is 0 Å². The summed E-state index contributed by atoms with van der Waals surface area (Å²) in [5.41, 5.74) is -2.07. The van der Waals surface area contributed by atoms with Gasteiger partial charge in [-0.3, -0.25) is 4.79 Å². The zero-order valence-electron chi connectivity index (χ0n) is 8.16. The van der Waals surface area contributed by atoms with Crippen LogP contribution in [-0.2, 0) is 4.79 Å². The zero-order valence-corrected chi connectivity index (χ0v) is 8.16. The summed E-state index contributed by atoms with van der Waals surface area (Å²) in [4.78, 5) is 11.5. The first-order valence-electron chi connectivity index (χ1n) is 5.04. The lowest BCUT2D eigenvalue weighted by Crippen LogP contribution is -2.46. The maximum absolute atomic E-state index is 12.5. The lowest BCUT2D eigenvalue weighted by molar-refractivity contribution is -0.192. The Labute approximate surface area is 85.4 Å². The molecule has 0 spiro atoms. The summed E-state index contributed by atoms with van der Waals surface area (Å²) in [6.07, 6.45) is -3.83. The van der Waals surface area contributed by atoms with Gasteiger partial charge in [0.2, 0.25) is 5.91 Å². The SMILES string of the molecule is O=C(NC1CCNC1)C1(C(F)(F)F)CC1. The molecule has 1 aliphatic heterocycles. The largest absolute Gasteiger partial charge is 0.403 e. The molecule has 0 bridgehead atoms. The first-order valence-corrected chi connectivity index (χ1v) is 5.04. The van der Waals surface area contributed by atoms with E-state index in [0.717, 1.165) is 6.54 Å². The topological polar surface area (TPSA) is 41.1 Å². The van der Waals surface area contributed by atoms with E-state index < -0.39 is 17.5 Å². The minimum Gasteiger partial charge on any atom is -0.351 e. The summed E-state index contributed by atoms with van der Waals surface area (Å²) in [6, 6.07) is -0.141. The van der Waals surface area contributed by atoms with E-state index in [2.05, 4.69) is 10.6 Å². The van der Waals surface area contributed by atoms with Crippen LogP contribution in [0.4, 0.5) is 13.2 Å². The van der Waals surface area contributed by atoms with Crippen LogP contribution in [0.5, 0.6) is 0 Å². The molecular weight excluding hydrogens is 209 g/mol. The van der Waals surface area contributed by atoms with E-state index in [-0.39, 0.29) is 18.9 Å². The first-order chi connectivity index (χ1) is 6.96. The average molecular weight is 222 g/mol. The van der Waals surface area contributed by atoms with E-state index in [1.165, 1.54) is 0 Å². The van der Waals surface area contributed by atoms with Gasteiger partial charge in [-0.25, -0.2) is 0 Å². The number of halogens is 3. The Bertz CT molecular complexity index is 267. The van der Waals surface area contributed by atoms with Gasteiger partial charge < -0.3 is 10.6 Å². The molecular formula is C9H13F3N2O. The molecule has 0 radical (unpaired) electrons. The van der Waals surface area contributed by atoms with Gasteiger partial charge in [-0.2, -0.15) is 13.2 Å². The molecule has 2 fully saturated rings. The molecule has 2 rings (SSSR count). The Kier molecular flexibility index (Phi) is 2.41. The molecule has 86 valence electrons. The summed E-state index contributed by atoms with van der Waals surface area (Å²) < 4.78 is 37.6. The molecule has 6 heteroatoms. The van der Waals surface area contributed by atoms with Crippen molar-refractivity contribution in [3.8, 4) is 0 Å². The lowest BCUT2D eigenvalue weighted by Gasteiger charge is -2.20. The number of hydrogen-bond acceptors (Lipinski definition) is 2. The van der Waals surface area contributed by atoms with Crippen LogP contribution < -0.4 is 10.6 Å². The van der Waals surface area contributed by atoms with Crippen LogP contribution in [0.25, 0.3) is 0 Å². The highest BCUT2D eigenvalue weighted by molar-refractivity contribution is 5.86. The first kappa shape index (κ1) is 10.7. The van der Waals surface area contributed by atoms with Crippen molar-refractivity contribution in [1.29, 1.82) is 0 Å². The van der Waals surface area contributed by atoms with Crippen molar-refractivity contribution in [3.05, 3.63) is 0 Å². The lowest BCUT2D eigenvalue weighted by atomic mass is 10.1. The van der Waals surface area contributed by atoms with E-state index in [1.54, 1.807) is 0 Å². The van der Waals surface area contributed by atoms with Crippen molar-refractivity contribution in [3.63, 3.8) is 0 Å². The van der Waals surface area contributed by atoms with Crippen LogP contribution in [0, 0.1) is 5.41 Å². The van der Waals surface area contributed by atoms with Gasteiger partial charge in [-0.05, 0) is 25.8 Å². The fraction of sp³-hybridized carbons (Fsp3) is 0.889. The van der Waals surface area contributed by atoms with Gasteiger partial charge in [0.15, 0.2) is 0 Å². The predicted octanol–water partition coefficient (Wildman–Crippen LogP) is 0.807. The van der Waals surface area contributed by atoms with Gasteiger partial charge in [-0.15, -0.1) is 0 Å². The Morgan fingerprint density at radius 1 is 1.40 bits per heavy atom. The normalized spacial score (nSPS) is 28.9. The van der Waals surface area contributed by atoms with Gasteiger partial charge in [0, 0.05) is 12.6 Å². The molecule has 1 saturated carbocycles. The van der Waals surface area contributed by atoms with Gasteiger partial charge in [-0.1, -0.05) is 0 Å². The molecule has 2 aliphatic rings. The molecule has 1 atom stereocenters. The monoisotopic (exact) mass is 222 g/mol. The van der Waals surface area contributed by atoms with Crippen molar-refractivity contribution < 1.29 is 18.0 Å². The summed E-state index contributed by atoms with van der Waals surface area (Å²) >= 11 is 0. The molecule has 0 aromatic carbocycles. The van der Waals surface area contributed by atoms with Crippen molar-refractivity contribution >= 4 is 5.91 Å². The molecule has 2 N–H and O–H groups in total. The number of alkyl halides is 3. The quantitative estimate of drug-likeness (QED) is 0.725. The molecule has 15 heavy (non-hydrogen) atoms. The number of hydrogen-bond donors (Lipinski definition) is 2. The van der Waals surface area contributed by atoms with Crippen LogP contribution in [-0.4, -0.2) is 31.2 Å². The van der Waals surface area contributed by atoms with Gasteiger partial charge >= 0.3 is 6.18 Å². The molecule has 1 amide bonds. The van der Waals surface area contributed by atoms with Crippen molar-refractivity contribution in [2.45, 2.75) is 31.5 Å². The zero-order chi connectivity index (χ0) is 11.1. The molecule has 1 aliphatic carbocycles.